The van der Waals surface area contributed by atoms with E-state index in [0.29, 0.717) is 68.2 Å². The molecule has 0 atom stereocenters. The van der Waals surface area contributed by atoms with Crippen molar-refractivity contribution in [2.75, 3.05) is 0 Å². The molecular weight excluding hydrogens is 1000 g/mol. The summed E-state index contributed by atoms with van der Waals surface area (Å²) in [6, 6.07) is 77.7. The molecule has 0 amide bonds. The molecule has 378 valence electrons. The standard InChI is InChI=1S/C68H40F3N9/c69-68(70,71)55-29-17-28-51(61(55)80-57-31-16-14-27-50(57)54-40-48(34-37-60(54)80)67-77-64(45-22-9-3-10-23-45)74-65(78-67)46-24-11-4-12-25-46)52-38-42(41-72)32-35-58(52)79-56-30-15-13-26-49(56)53-39-47(33-36-59(53)79)66-75-62(43-18-5-1-6-19-43)73-63(76-66)44-20-7-2-8-21-44/h1-40H. The number of aromatic nitrogens is 8. The normalized spacial score (nSPS) is 11.7. The minimum atomic E-state index is -4.80. The van der Waals surface area contributed by atoms with Crippen LogP contribution in [0.3, 0.4) is 0 Å². The summed E-state index contributed by atoms with van der Waals surface area (Å²) in [7, 11) is 0. The molecule has 0 unspecified atom stereocenters. The number of fused-ring (bicyclic) bond motifs is 6. The van der Waals surface area contributed by atoms with Gasteiger partial charge in [0.25, 0.3) is 0 Å². The molecule has 0 aliphatic heterocycles. The Hall–Kier alpha value is -10.9. The largest absolute Gasteiger partial charge is 0.418 e. The van der Waals surface area contributed by atoms with Crippen molar-refractivity contribution < 1.29 is 13.2 Å². The lowest BCUT2D eigenvalue weighted by Gasteiger charge is -2.22. The van der Waals surface area contributed by atoms with Gasteiger partial charge < -0.3 is 9.13 Å². The minimum absolute atomic E-state index is 0.0884. The zero-order valence-corrected chi connectivity index (χ0v) is 42.3. The highest BCUT2D eigenvalue weighted by molar-refractivity contribution is 6.13. The fourth-order valence-corrected chi connectivity index (χ4v) is 10.8. The van der Waals surface area contributed by atoms with E-state index in [0.717, 1.165) is 61.1 Å². The number of rotatable bonds is 9. The van der Waals surface area contributed by atoms with E-state index in [1.165, 1.54) is 6.07 Å². The molecule has 14 rings (SSSR count). The Bertz CT molecular complexity index is 4650. The first-order valence-electron chi connectivity index (χ1n) is 25.8. The van der Waals surface area contributed by atoms with Gasteiger partial charge in [-0.15, -0.1) is 0 Å². The van der Waals surface area contributed by atoms with Crippen molar-refractivity contribution in [3.8, 4) is 96.9 Å². The van der Waals surface area contributed by atoms with Gasteiger partial charge in [-0.25, -0.2) is 29.9 Å². The summed E-state index contributed by atoms with van der Waals surface area (Å²) >= 11 is 0. The van der Waals surface area contributed by atoms with Crippen LogP contribution in [-0.4, -0.2) is 39.0 Å². The zero-order chi connectivity index (χ0) is 53.9. The Labute approximate surface area is 455 Å². The lowest BCUT2D eigenvalue weighted by Crippen LogP contribution is -2.12. The summed E-state index contributed by atoms with van der Waals surface area (Å²) in [6.45, 7) is 0. The lowest BCUT2D eigenvalue weighted by atomic mass is 9.95. The SMILES string of the molecule is N#Cc1ccc(-n2c3ccccc3c3cc(-c4nc(-c5ccccc5)nc(-c5ccccc5)n4)ccc32)c(-c2cccc(C(F)(F)F)c2-n2c3ccccc3c3cc(-c4nc(-c5ccccc5)nc(-c5ccccc5)n4)ccc32)c1. The first kappa shape index (κ1) is 47.5. The quantitative estimate of drug-likeness (QED) is 0.142. The maximum Gasteiger partial charge on any atom is 0.418 e. The number of halogens is 3. The van der Waals surface area contributed by atoms with Gasteiger partial charge in [-0.05, 0) is 72.8 Å². The molecule has 80 heavy (non-hydrogen) atoms. The average Bonchev–Trinajstić information content (AvgIpc) is 4.15. The number of hydrogen-bond acceptors (Lipinski definition) is 7. The third-order valence-electron chi connectivity index (χ3n) is 14.5. The summed E-state index contributed by atoms with van der Waals surface area (Å²) in [5.41, 5.74) is 7.97. The number of hydrogen-bond donors (Lipinski definition) is 0. The van der Waals surface area contributed by atoms with E-state index in [2.05, 4.69) is 16.7 Å². The molecule has 0 bridgehead atoms. The van der Waals surface area contributed by atoms with E-state index in [9.17, 15) is 5.26 Å². The molecule has 0 radical (unpaired) electrons. The van der Waals surface area contributed by atoms with Crippen LogP contribution in [0, 0.1) is 11.3 Å². The van der Waals surface area contributed by atoms with Crippen molar-refractivity contribution in [2.24, 2.45) is 0 Å². The van der Waals surface area contributed by atoms with Crippen molar-refractivity contribution in [1.82, 2.24) is 39.0 Å². The van der Waals surface area contributed by atoms with E-state index in [-0.39, 0.29) is 16.8 Å². The Kier molecular flexibility index (Phi) is 11.5. The van der Waals surface area contributed by atoms with E-state index in [4.69, 9.17) is 29.9 Å². The van der Waals surface area contributed by atoms with E-state index < -0.39 is 11.7 Å². The lowest BCUT2D eigenvalue weighted by molar-refractivity contribution is -0.137. The molecule has 0 aliphatic rings. The minimum Gasteiger partial charge on any atom is -0.309 e. The molecule has 0 N–H and O–H groups in total. The monoisotopic (exact) mass is 1040 g/mol. The molecule has 0 spiro atoms. The average molecular weight is 1040 g/mol. The second-order valence-corrected chi connectivity index (χ2v) is 19.3. The van der Waals surface area contributed by atoms with Crippen LogP contribution in [0.4, 0.5) is 13.2 Å². The fourth-order valence-electron chi connectivity index (χ4n) is 10.8. The Balaban J connectivity index is 0.974. The zero-order valence-electron chi connectivity index (χ0n) is 42.3. The number of nitriles is 1. The maximum atomic E-state index is 16.0. The van der Waals surface area contributed by atoms with Crippen molar-refractivity contribution in [3.05, 3.63) is 254 Å². The van der Waals surface area contributed by atoms with Crippen LogP contribution < -0.4 is 0 Å². The van der Waals surface area contributed by atoms with Gasteiger partial charge in [0.1, 0.15) is 0 Å². The first-order chi connectivity index (χ1) is 39.3. The highest BCUT2D eigenvalue weighted by Crippen LogP contribution is 2.46. The number of alkyl halides is 3. The smallest absolute Gasteiger partial charge is 0.309 e. The third kappa shape index (κ3) is 8.29. The van der Waals surface area contributed by atoms with Gasteiger partial charge in [0, 0.05) is 66.1 Å². The second-order valence-electron chi connectivity index (χ2n) is 19.3. The molecule has 0 saturated carbocycles. The van der Waals surface area contributed by atoms with Crippen LogP contribution in [0.1, 0.15) is 11.1 Å². The predicted octanol–water partition coefficient (Wildman–Crippen LogP) is 16.8. The number of para-hydroxylation sites is 3. The first-order valence-corrected chi connectivity index (χ1v) is 25.8. The summed E-state index contributed by atoms with van der Waals surface area (Å²) in [5, 5.41) is 13.7. The summed E-state index contributed by atoms with van der Waals surface area (Å²) < 4.78 is 51.8. The van der Waals surface area contributed by atoms with Crippen LogP contribution in [0.5, 0.6) is 0 Å². The van der Waals surface area contributed by atoms with Gasteiger partial charge in [-0.1, -0.05) is 170 Å². The molecule has 4 heterocycles. The van der Waals surface area contributed by atoms with Crippen LogP contribution in [-0.2, 0) is 6.18 Å². The molecule has 0 saturated heterocycles. The Morgan fingerprint density at radius 3 is 1.15 bits per heavy atom. The van der Waals surface area contributed by atoms with Crippen molar-refractivity contribution in [3.63, 3.8) is 0 Å². The van der Waals surface area contributed by atoms with Crippen molar-refractivity contribution >= 4 is 43.6 Å². The van der Waals surface area contributed by atoms with Crippen LogP contribution >= 0.6 is 0 Å². The van der Waals surface area contributed by atoms with Crippen LogP contribution in [0.15, 0.2) is 243 Å². The molecular formula is C68H40F3N9. The van der Waals surface area contributed by atoms with Crippen molar-refractivity contribution in [1.29, 1.82) is 5.26 Å². The highest BCUT2D eigenvalue weighted by Gasteiger charge is 2.37. The van der Waals surface area contributed by atoms with Crippen LogP contribution in [0.2, 0.25) is 0 Å². The van der Waals surface area contributed by atoms with Gasteiger partial charge in [0.15, 0.2) is 34.9 Å². The predicted molar refractivity (Wildman–Crippen MR) is 310 cm³/mol. The fraction of sp³-hybridized carbons (Fsp3) is 0.0147. The molecule has 0 fully saturated rings. The summed E-state index contributed by atoms with van der Waals surface area (Å²) in [6.07, 6.45) is -4.80. The van der Waals surface area contributed by atoms with Gasteiger partial charge in [0.05, 0.1) is 50.6 Å². The Morgan fingerprint density at radius 1 is 0.325 bits per heavy atom. The topological polar surface area (TPSA) is 111 Å². The second kappa shape index (κ2) is 19.3. The molecule has 14 aromatic rings. The van der Waals surface area contributed by atoms with Gasteiger partial charge in [0.2, 0.25) is 0 Å². The van der Waals surface area contributed by atoms with Crippen molar-refractivity contribution in [2.45, 2.75) is 6.18 Å². The molecule has 0 aliphatic carbocycles. The van der Waals surface area contributed by atoms with E-state index in [1.54, 1.807) is 22.8 Å². The maximum absolute atomic E-state index is 16.0. The molecule has 12 heteroatoms. The van der Waals surface area contributed by atoms with Gasteiger partial charge >= 0.3 is 6.18 Å². The van der Waals surface area contributed by atoms with Crippen LogP contribution in [0.25, 0.3) is 134 Å². The highest BCUT2D eigenvalue weighted by atomic mass is 19.4. The summed E-state index contributed by atoms with van der Waals surface area (Å²) in [5.74, 6) is 2.90. The molecule has 4 aromatic heterocycles. The molecule has 9 nitrogen and oxygen atoms in total. The van der Waals surface area contributed by atoms with E-state index in [1.807, 2.05) is 206 Å². The van der Waals surface area contributed by atoms with E-state index >= 15 is 13.2 Å². The summed E-state index contributed by atoms with van der Waals surface area (Å²) in [4.78, 5) is 29.8. The van der Waals surface area contributed by atoms with Gasteiger partial charge in [-0.3, -0.25) is 0 Å². The number of benzene rings is 10. The Morgan fingerprint density at radius 2 is 0.713 bits per heavy atom. The van der Waals surface area contributed by atoms with Gasteiger partial charge in [-0.2, -0.15) is 18.4 Å². The number of nitrogens with zero attached hydrogens (tertiary/aromatic N) is 9. The third-order valence-corrected chi connectivity index (χ3v) is 14.5. The molecule has 10 aromatic carbocycles.